The number of rotatable bonds is 6. The van der Waals surface area contributed by atoms with Crippen LogP contribution in [-0.4, -0.2) is 50.4 Å². The van der Waals surface area contributed by atoms with Crippen molar-refractivity contribution in [3.63, 3.8) is 0 Å². The summed E-state index contributed by atoms with van der Waals surface area (Å²) in [6.07, 6.45) is 4.13. The van der Waals surface area contributed by atoms with Gasteiger partial charge in [-0.05, 0) is 39.2 Å². The van der Waals surface area contributed by atoms with Crippen molar-refractivity contribution in [2.45, 2.75) is 39.2 Å². The third-order valence-electron chi connectivity index (χ3n) is 3.98. The molecule has 1 amide bonds. The Labute approximate surface area is 128 Å². The minimum absolute atomic E-state index is 0. The molecule has 1 fully saturated rings. The normalized spacial score (nSPS) is 24.0. The molecule has 0 aromatic carbocycles. The maximum Gasteiger partial charge on any atom is 0.226 e. The third-order valence-corrected chi connectivity index (χ3v) is 5.07. The molecule has 0 aromatic rings. The van der Waals surface area contributed by atoms with Crippen LogP contribution in [0.5, 0.6) is 0 Å². The minimum atomic E-state index is -3.07. The standard InChI is InChI=1S/C13H26N2O3S.ClH/c1-4-15(10(2)9-19(3,17)18)13(16)12-7-5-6-11(12)8-14;/h10-12H,4-9,14H2,1-3H3;1H/t10?,11-,12-;/m1./s1. The summed E-state index contributed by atoms with van der Waals surface area (Å²) in [6.45, 7) is 4.77. The van der Waals surface area contributed by atoms with Gasteiger partial charge in [0.1, 0.15) is 9.84 Å². The van der Waals surface area contributed by atoms with Crippen molar-refractivity contribution < 1.29 is 13.2 Å². The number of nitrogens with zero attached hydrogens (tertiary/aromatic N) is 1. The molecule has 1 aliphatic rings. The van der Waals surface area contributed by atoms with Gasteiger partial charge in [0.2, 0.25) is 5.91 Å². The molecule has 0 bridgehead atoms. The molecule has 1 rings (SSSR count). The second kappa shape index (κ2) is 8.20. The predicted molar refractivity (Wildman–Crippen MR) is 83.7 cm³/mol. The molecule has 120 valence electrons. The lowest BCUT2D eigenvalue weighted by molar-refractivity contribution is -0.138. The molecule has 1 saturated carbocycles. The van der Waals surface area contributed by atoms with Crippen molar-refractivity contribution in [1.29, 1.82) is 0 Å². The first-order chi connectivity index (χ1) is 8.80. The number of carbonyl (C=O) groups excluding carboxylic acids is 1. The van der Waals surface area contributed by atoms with Crippen LogP contribution in [0.1, 0.15) is 33.1 Å². The number of nitrogens with two attached hydrogens (primary N) is 1. The number of carbonyl (C=O) groups is 1. The molecule has 0 aliphatic heterocycles. The second-order valence-electron chi connectivity index (χ2n) is 5.60. The zero-order valence-electron chi connectivity index (χ0n) is 12.5. The molecular formula is C13H27ClN2O3S. The lowest BCUT2D eigenvalue weighted by Crippen LogP contribution is -2.46. The maximum atomic E-state index is 12.5. The zero-order valence-corrected chi connectivity index (χ0v) is 14.2. The van der Waals surface area contributed by atoms with Crippen LogP contribution in [0.3, 0.4) is 0 Å². The Morgan fingerprint density at radius 2 is 2.00 bits per heavy atom. The molecule has 1 aliphatic carbocycles. The number of halogens is 1. The Kier molecular flexibility index (Phi) is 8.06. The van der Waals surface area contributed by atoms with Crippen molar-refractivity contribution in [2.75, 3.05) is 25.1 Å². The molecule has 5 nitrogen and oxygen atoms in total. The van der Waals surface area contributed by atoms with Crippen molar-refractivity contribution >= 4 is 28.2 Å². The van der Waals surface area contributed by atoms with Gasteiger partial charge in [0.25, 0.3) is 0 Å². The highest BCUT2D eigenvalue weighted by Crippen LogP contribution is 2.32. The summed E-state index contributed by atoms with van der Waals surface area (Å²) in [5, 5.41) is 0. The van der Waals surface area contributed by atoms with Gasteiger partial charge in [-0.3, -0.25) is 4.79 Å². The van der Waals surface area contributed by atoms with Gasteiger partial charge in [-0.2, -0.15) is 0 Å². The summed E-state index contributed by atoms with van der Waals surface area (Å²) >= 11 is 0. The van der Waals surface area contributed by atoms with Crippen LogP contribution < -0.4 is 5.73 Å². The highest BCUT2D eigenvalue weighted by atomic mass is 35.5. The molecule has 0 radical (unpaired) electrons. The van der Waals surface area contributed by atoms with Crippen molar-refractivity contribution in [3.8, 4) is 0 Å². The van der Waals surface area contributed by atoms with E-state index in [4.69, 9.17) is 5.73 Å². The monoisotopic (exact) mass is 326 g/mol. The van der Waals surface area contributed by atoms with Crippen LogP contribution in [0, 0.1) is 11.8 Å². The van der Waals surface area contributed by atoms with Crippen molar-refractivity contribution in [1.82, 2.24) is 4.90 Å². The highest BCUT2D eigenvalue weighted by molar-refractivity contribution is 7.90. The van der Waals surface area contributed by atoms with Gasteiger partial charge >= 0.3 is 0 Å². The molecule has 0 aromatic heterocycles. The van der Waals surface area contributed by atoms with E-state index < -0.39 is 9.84 Å². The molecule has 1 unspecified atom stereocenters. The van der Waals surface area contributed by atoms with E-state index in [1.54, 1.807) is 11.8 Å². The Balaban J connectivity index is 0.00000361. The predicted octanol–water partition coefficient (Wildman–Crippen LogP) is 1.06. The third kappa shape index (κ3) is 5.22. The minimum Gasteiger partial charge on any atom is -0.339 e. The fourth-order valence-corrected chi connectivity index (χ4v) is 4.13. The van der Waals surface area contributed by atoms with Gasteiger partial charge in [0, 0.05) is 24.8 Å². The van der Waals surface area contributed by atoms with E-state index in [0.29, 0.717) is 13.1 Å². The van der Waals surface area contributed by atoms with E-state index in [2.05, 4.69) is 0 Å². The summed E-state index contributed by atoms with van der Waals surface area (Å²) in [4.78, 5) is 14.2. The lowest BCUT2D eigenvalue weighted by atomic mass is 9.94. The summed E-state index contributed by atoms with van der Waals surface area (Å²) in [5.74, 6) is 0.331. The highest BCUT2D eigenvalue weighted by Gasteiger charge is 2.36. The van der Waals surface area contributed by atoms with Gasteiger partial charge in [-0.1, -0.05) is 6.42 Å². The van der Waals surface area contributed by atoms with Crippen LogP contribution >= 0.6 is 12.4 Å². The fourth-order valence-electron chi connectivity index (χ4n) is 3.07. The van der Waals surface area contributed by atoms with Gasteiger partial charge in [0.05, 0.1) is 5.75 Å². The van der Waals surface area contributed by atoms with Crippen LogP contribution in [0.2, 0.25) is 0 Å². The molecule has 2 N–H and O–H groups in total. The number of hydrogen-bond donors (Lipinski definition) is 1. The molecule has 3 atom stereocenters. The fraction of sp³-hybridized carbons (Fsp3) is 0.923. The van der Waals surface area contributed by atoms with E-state index in [1.807, 2.05) is 6.92 Å². The number of amides is 1. The van der Waals surface area contributed by atoms with E-state index in [0.717, 1.165) is 19.3 Å². The van der Waals surface area contributed by atoms with Gasteiger partial charge in [0.15, 0.2) is 0 Å². The summed E-state index contributed by atoms with van der Waals surface area (Å²) in [5.41, 5.74) is 5.71. The first-order valence-electron chi connectivity index (χ1n) is 6.98. The van der Waals surface area contributed by atoms with E-state index in [1.165, 1.54) is 6.26 Å². The SMILES string of the molecule is CCN(C(=O)[C@@H]1CCC[C@@H]1CN)C(C)CS(C)(=O)=O.Cl. The summed E-state index contributed by atoms with van der Waals surface area (Å²) in [6, 6.07) is -0.272. The largest absolute Gasteiger partial charge is 0.339 e. The zero-order chi connectivity index (χ0) is 14.6. The first-order valence-corrected chi connectivity index (χ1v) is 9.04. The average Bonchev–Trinajstić information content (AvgIpc) is 2.75. The Hall–Kier alpha value is -0.330. The van der Waals surface area contributed by atoms with Gasteiger partial charge in [-0.15, -0.1) is 12.4 Å². The Morgan fingerprint density at radius 1 is 1.40 bits per heavy atom. The lowest BCUT2D eigenvalue weighted by Gasteiger charge is -2.31. The number of sulfone groups is 1. The second-order valence-corrected chi connectivity index (χ2v) is 7.78. The summed E-state index contributed by atoms with van der Waals surface area (Å²) < 4.78 is 22.7. The Morgan fingerprint density at radius 3 is 2.45 bits per heavy atom. The van der Waals surface area contributed by atoms with Crippen molar-refractivity contribution in [2.24, 2.45) is 17.6 Å². The summed E-state index contributed by atoms with van der Waals surface area (Å²) in [7, 11) is -3.07. The van der Waals surface area contributed by atoms with Gasteiger partial charge < -0.3 is 10.6 Å². The van der Waals surface area contributed by atoms with Crippen LogP contribution in [0.4, 0.5) is 0 Å². The molecule has 20 heavy (non-hydrogen) atoms. The topological polar surface area (TPSA) is 80.5 Å². The molecule has 0 heterocycles. The van der Waals surface area contributed by atoms with Crippen LogP contribution in [-0.2, 0) is 14.6 Å². The average molecular weight is 327 g/mol. The van der Waals surface area contributed by atoms with Crippen molar-refractivity contribution in [3.05, 3.63) is 0 Å². The quantitative estimate of drug-likeness (QED) is 0.791. The van der Waals surface area contributed by atoms with E-state index >= 15 is 0 Å². The molecule has 0 saturated heterocycles. The molecule has 0 spiro atoms. The molecule has 7 heteroatoms. The van der Waals surface area contributed by atoms with E-state index in [-0.39, 0.29) is 41.9 Å². The van der Waals surface area contributed by atoms with Crippen LogP contribution in [0.25, 0.3) is 0 Å². The van der Waals surface area contributed by atoms with Gasteiger partial charge in [-0.25, -0.2) is 8.42 Å². The Bertz CT molecular complexity index is 414. The smallest absolute Gasteiger partial charge is 0.226 e. The first kappa shape index (κ1) is 19.7. The maximum absolute atomic E-state index is 12.5. The van der Waals surface area contributed by atoms with E-state index in [9.17, 15) is 13.2 Å². The van der Waals surface area contributed by atoms with Crippen LogP contribution in [0.15, 0.2) is 0 Å². The molecular weight excluding hydrogens is 300 g/mol. The number of hydrogen-bond acceptors (Lipinski definition) is 4.